The summed E-state index contributed by atoms with van der Waals surface area (Å²) < 4.78 is 160. The third-order valence-electron chi connectivity index (χ3n) is 4.76. The molecule has 0 bridgehead atoms. The summed E-state index contributed by atoms with van der Waals surface area (Å²) >= 11 is 0. The monoisotopic (exact) mass is 534 g/mol. The van der Waals surface area contributed by atoms with Gasteiger partial charge in [0.1, 0.15) is 0 Å². The molecule has 0 radical (unpaired) electrons. The van der Waals surface area contributed by atoms with Gasteiger partial charge in [-0.2, -0.15) is 48.3 Å². The predicted molar refractivity (Wildman–Crippen MR) is 105 cm³/mol. The van der Waals surface area contributed by atoms with Gasteiger partial charge in [0, 0.05) is 11.1 Å². The highest BCUT2D eigenvalue weighted by atomic mass is 19.4. The first kappa shape index (κ1) is 29.1. The highest BCUT2D eigenvalue weighted by Crippen LogP contribution is 2.59. The van der Waals surface area contributed by atoms with Crippen molar-refractivity contribution >= 4 is 11.1 Å². The van der Waals surface area contributed by atoms with Crippen molar-refractivity contribution in [3.8, 4) is 0 Å². The van der Waals surface area contributed by atoms with Crippen LogP contribution in [0.4, 0.5) is 52.7 Å². The molecule has 0 spiro atoms. The number of aliphatic hydroxyl groups is 1. The summed E-state index contributed by atoms with van der Waals surface area (Å²) in [6.45, 7) is -0.863. The summed E-state index contributed by atoms with van der Waals surface area (Å²) in [6, 6.07) is 13.3. The van der Waals surface area contributed by atoms with Gasteiger partial charge in [0.05, 0.1) is 6.61 Å². The van der Waals surface area contributed by atoms with E-state index in [2.05, 4.69) is 5.73 Å². The largest absolute Gasteiger partial charge is 0.460 e. The molecule has 36 heavy (non-hydrogen) atoms. The zero-order valence-electron chi connectivity index (χ0n) is 17.5. The van der Waals surface area contributed by atoms with Gasteiger partial charge in [-0.1, -0.05) is 60.7 Å². The van der Waals surface area contributed by atoms with Crippen molar-refractivity contribution in [1.29, 1.82) is 0 Å². The highest BCUT2D eigenvalue weighted by Gasteiger charge is 2.87. The highest BCUT2D eigenvalue weighted by molar-refractivity contribution is 5.80. The molecule has 2 rings (SSSR count). The van der Waals surface area contributed by atoms with E-state index in [1.165, 1.54) is 42.5 Å². The summed E-state index contributed by atoms with van der Waals surface area (Å²) in [5, 5.41) is 9.59. The normalized spacial score (nSPS) is 13.9. The van der Waals surface area contributed by atoms with Gasteiger partial charge in [0.25, 0.3) is 0 Å². The van der Waals surface area contributed by atoms with E-state index in [0.717, 1.165) is 12.1 Å². The predicted octanol–water partition coefficient (Wildman–Crippen LogP) is 7.70. The number of hydrogen-bond acceptors (Lipinski definition) is 1. The SMILES string of the molecule is OCC(=C=C(/C=C(\F)C(F)(F)C(F)(F)C(F)(F)C(F)(F)C(F)(F)F)c1ccccc1)c1ccccc1. The molecule has 0 aromatic heterocycles. The first-order chi connectivity index (χ1) is 16.4. The number of alkyl halides is 11. The van der Waals surface area contributed by atoms with Gasteiger partial charge in [-0.25, -0.2) is 4.39 Å². The van der Waals surface area contributed by atoms with Crippen LogP contribution in [-0.2, 0) is 0 Å². The zero-order valence-corrected chi connectivity index (χ0v) is 17.5. The lowest BCUT2D eigenvalue weighted by molar-refractivity contribution is -0.419. The molecule has 13 heteroatoms. The Hall–Kier alpha value is -3.18. The van der Waals surface area contributed by atoms with Crippen molar-refractivity contribution in [3.05, 3.63) is 89.4 Å². The van der Waals surface area contributed by atoms with Crippen LogP contribution in [0.2, 0.25) is 0 Å². The Kier molecular flexibility index (Phi) is 8.12. The third-order valence-corrected chi connectivity index (χ3v) is 4.76. The first-order valence-corrected chi connectivity index (χ1v) is 9.59. The van der Waals surface area contributed by atoms with Gasteiger partial charge >= 0.3 is 29.9 Å². The second-order valence-electron chi connectivity index (χ2n) is 7.19. The first-order valence-electron chi connectivity index (χ1n) is 9.59. The molecule has 0 unspecified atom stereocenters. The number of allylic oxidation sites excluding steroid dienone is 2. The van der Waals surface area contributed by atoms with E-state index >= 15 is 0 Å². The summed E-state index contributed by atoms with van der Waals surface area (Å²) in [4.78, 5) is 0. The Bertz CT molecular complexity index is 1140. The zero-order chi connectivity index (χ0) is 27.6. The van der Waals surface area contributed by atoms with Crippen LogP contribution in [0.3, 0.4) is 0 Å². The minimum Gasteiger partial charge on any atom is -0.391 e. The van der Waals surface area contributed by atoms with Crippen molar-refractivity contribution in [1.82, 2.24) is 0 Å². The molecule has 0 amide bonds. The van der Waals surface area contributed by atoms with Gasteiger partial charge < -0.3 is 5.11 Å². The van der Waals surface area contributed by atoms with Gasteiger partial charge in [0.2, 0.25) is 0 Å². The quantitative estimate of drug-likeness (QED) is 0.209. The van der Waals surface area contributed by atoms with Crippen LogP contribution in [-0.4, -0.2) is 41.6 Å². The molecule has 2 aromatic rings. The summed E-state index contributed by atoms with van der Waals surface area (Å²) in [5.74, 6) is -33.2. The van der Waals surface area contributed by atoms with Crippen LogP contribution in [0.5, 0.6) is 0 Å². The number of rotatable bonds is 8. The van der Waals surface area contributed by atoms with E-state index in [0.29, 0.717) is 0 Å². The van der Waals surface area contributed by atoms with Gasteiger partial charge in [-0.15, -0.1) is 5.73 Å². The maximum Gasteiger partial charge on any atom is 0.460 e. The van der Waals surface area contributed by atoms with E-state index < -0.39 is 53.9 Å². The van der Waals surface area contributed by atoms with Crippen LogP contribution in [0.15, 0.2) is 78.3 Å². The molecule has 1 nitrogen and oxygen atoms in total. The molecule has 0 atom stereocenters. The molecule has 0 saturated carbocycles. The maximum absolute atomic E-state index is 14.4. The Morgan fingerprint density at radius 3 is 1.53 bits per heavy atom. The molecule has 0 saturated heterocycles. The fourth-order valence-electron chi connectivity index (χ4n) is 2.75. The molecular weight excluding hydrogens is 520 g/mol. The summed E-state index contributed by atoms with van der Waals surface area (Å²) in [6.07, 6.45) is -7.83. The number of halogens is 12. The minimum atomic E-state index is -7.75. The Balaban J connectivity index is 2.76. The average molecular weight is 534 g/mol. The lowest BCUT2D eigenvalue weighted by atomic mass is 9.95. The number of benzene rings is 2. The van der Waals surface area contributed by atoms with Crippen molar-refractivity contribution < 1.29 is 57.8 Å². The Labute approximate surface area is 195 Å². The van der Waals surface area contributed by atoms with Gasteiger partial charge in [-0.05, 0) is 17.2 Å². The molecule has 0 heterocycles. The van der Waals surface area contributed by atoms with Crippen LogP contribution < -0.4 is 0 Å². The Morgan fingerprint density at radius 2 is 1.11 bits per heavy atom. The topological polar surface area (TPSA) is 20.2 Å². The number of aliphatic hydroxyl groups excluding tert-OH is 1. The molecule has 0 aliphatic heterocycles. The van der Waals surface area contributed by atoms with E-state index in [4.69, 9.17) is 0 Å². The second-order valence-corrected chi connectivity index (χ2v) is 7.19. The lowest BCUT2D eigenvalue weighted by Gasteiger charge is -2.36. The molecular formula is C23H14F12O. The van der Waals surface area contributed by atoms with Crippen LogP contribution in [0.25, 0.3) is 11.1 Å². The molecule has 2 aromatic carbocycles. The lowest BCUT2D eigenvalue weighted by Crippen LogP contribution is -2.66. The number of hydrogen-bond donors (Lipinski definition) is 1. The van der Waals surface area contributed by atoms with Crippen LogP contribution in [0.1, 0.15) is 11.1 Å². The van der Waals surface area contributed by atoms with E-state index in [-0.39, 0.29) is 16.7 Å². The molecule has 0 aliphatic rings. The fraction of sp³-hybridized carbons (Fsp3) is 0.261. The molecule has 0 fully saturated rings. The fourth-order valence-corrected chi connectivity index (χ4v) is 2.75. The van der Waals surface area contributed by atoms with Crippen molar-refractivity contribution in [2.24, 2.45) is 0 Å². The Morgan fingerprint density at radius 1 is 0.667 bits per heavy atom. The molecule has 0 aliphatic carbocycles. The molecule has 1 N–H and O–H groups in total. The summed E-state index contributed by atoms with van der Waals surface area (Å²) in [7, 11) is 0. The standard InChI is InChI=1S/C23H14F12O/c24-18(19(25,26)20(27,28)21(29,30)22(31,32)23(33,34)35)12-16(14-7-3-1-4-8-14)11-17(13-36)15-9-5-2-6-10-15/h1-10,12,36H,13H2/b18-12-. The van der Waals surface area contributed by atoms with Crippen molar-refractivity contribution in [2.45, 2.75) is 29.9 Å². The van der Waals surface area contributed by atoms with Crippen LogP contribution >= 0.6 is 0 Å². The van der Waals surface area contributed by atoms with Crippen LogP contribution in [0, 0.1) is 0 Å². The second kappa shape index (κ2) is 10.1. The van der Waals surface area contributed by atoms with E-state index in [1.807, 2.05) is 0 Å². The average Bonchev–Trinajstić information content (AvgIpc) is 2.81. The minimum absolute atomic E-state index is 0.190. The summed E-state index contributed by atoms with van der Waals surface area (Å²) in [5.41, 5.74) is 1.15. The van der Waals surface area contributed by atoms with Crippen molar-refractivity contribution in [3.63, 3.8) is 0 Å². The van der Waals surface area contributed by atoms with E-state index in [9.17, 15) is 57.8 Å². The maximum atomic E-state index is 14.4. The van der Waals surface area contributed by atoms with E-state index in [1.54, 1.807) is 6.07 Å². The van der Waals surface area contributed by atoms with Crippen molar-refractivity contribution in [2.75, 3.05) is 6.61 Å². The van der Waals surface area contributed by atoms with Gasteiger partial charge in [-0.3, -0.25) is 0 Å². The smallest absolute Gasteiger partial charge is 0.391 e. The van der Waals surface area contributed by atoms with Gasteiger partial charge in [0.15, 0.2) is 5.83 Å². The third kappa shape index (κ3) is 5.17. The molecule has 196 valence electrons.